The van der Waals surface area contributed by atoms with Gasteiger partial charge in [0, 0.05) is 19.6 Å². The smallest absolute Gasteiger partial charge is 0.0575 e. The lowest BCUT2D eigenvalue weighted by Gasteiger charge is -2.25. The van der Waals surface area contributed by atoms with Gasteiger partial charge in [-0.25, -0.2) is 0 Å². The fourth-order valence-corrected chi connectivity index (χ4v) is 2.55. The standard InChI is InChI=1S/C20H27NO/c1-17(2)20(22)13-14-21(15-18-9-5-3-6-10-18)16-19-11-7-4-8-12-19/h3-12,17,20,22H,13-16H2,1-2H3. The molecule has 1 unspecified atom stereocenters. The van der Waals surface area contributed by atoms with Gasteiger partial charge in [-0.3, -0.25) is 4.90 Å². The molecule has 0 saturated carbocycles. The first-order valence-corrected chi connectivity index (χ1v) is 8.13. The average Bonchev–Trinajstić information content (AvgIpc) is 2.54. The minimum atomic E-state index is -0.228. The summed E-state index contributed by atoms with van der Waals surface area (Å²) in [5, 5.41) is 10.1. The van der Waals surface area contributed by atoms with E-state index in [1.165, 1.54) is 11.1 Å². The van der Waals surface area contributed by atoms with Crippen molar-refractivity contribution in [2.24, 2.45) is 5.92 Å². The molecular formula is C20H27NO. The van der Waals surface area contributed by atoms with Crippen molar-refractivity contribution in [1.29, 1.82) is 0 Å². The second-order valence-corrected chi connectivity index (χ2v) is 6.28. The van der Waals surface area contributed by atoms with Crippen LogP contribution in [0, 0.1) is 5.92 Å². The highest BCUT2D eigenvalue weighted by Crippen LogP contribution is 2.13. The number of nitrogens with zero attached hydrogens (tertiary/aromatic N) is 1. The highest BCUT2D eigenvalue weighted by Gasteiger charge is 2.13. The van der Waals surface area contributed by atoms with Gasteiger partial charge in [0.2, 0.25) is 0 Å². The van der Waals surface area contributed by atoms with Gasteiger partial charge in [-0.05, 0) is 23.5 Å². The lowest BCUT2D eigenvalue weighted by Crippen LogP contribution is -2.28. The van der Waals surface area contributed by atoms with E-state index in [0.29, 0.717) is 5.92 Å². The molecule has 2 aromatic rings. The molecule has 0 bridgehead atoms. The van der Waals surface area contributed by atoms with Crippen LogP contribution in [0.1, 0.15) is 31.4 Å². The van der Waals surface area contributed by atoms with Crippen LogP contribution in [0.3, 0.4) is 0 Å². The van der Waals surface area contributed by atoms with E-state index in [1.807, 2.05) is 12.1 Å². The number of aliphatic hydroxyl groups is 1. The fraction of sp³-hybridized carbons (Fsp3) is 0.400. The SMILES string of the molecule is CC(C)C(O)CCN(Cc1ccccc1)Cc1ccccc1. The highest BCUT2D eigenvalue weighted by molar-refractivity contribution is 5.17. The van der Waals surface area contributed by atoms with E-state index >= 15 is 0 Å². The number of hydrogen-bond donors (Lipinski definition) is 1. The van der Waals surface area contributed by atoms with Crippen molar-refractivity contribution in [1.82, 2.24) is 4.90 Å². The molecule has 0 fully saturated rings. The van der Waals surface area contributed by atoms with Crippen LogP contribution in [0.4, 0.5) is 0 Å². The van der Waals surface area contributed by atoms with E-state index in [-0.39, 0.29) is 6.10 Å². The topological polar surface area (TPSA) is 23.5 Å². The molecule has 0 aliphatic heterocycles. The van der Waals surface area contributed by atoms with Gasteiger partial charge in [-0.15, -0.1) is 0 Å². The largest absolute Gasteiger partial charge is 0.393 e. The van der Waals surface area contributed by atoms with Crippen molar-refractivity contribution in [3.05, 3.63) is 71.8 Å². The first kappa shape index (κ1) is 16.7. The summed E-state index contributed by atoms with van der Waals surface area (Å²) in [5.74, 6) is 0.315. The predicted molar refractivity (Wildman–Crippen MR) is 92.5 cm³/mol. The van der Waals surface area contributed by atoms with Crippen LogP contribution in [0.25, 0.3) is 0 Å². The Bertz CT molecular complexity index is 482. The minimum Gasteiger partial charge on any atom is -0.393 e. The quantitative estimate of drug-likeness (QED) is 0.793. The third-order valence-electron chi connectivity index (χ3n) is 4.01. The van der Waals surface area contributed by atoms with E-state index in [4.69, 9.17) is 0 Å². The fourth-order valence-electron chi connectivity index (χ4n) is 2.55. The molecule has 2 aromatic carbocycles. The molecule has 2 heteroatoms. The number of hydrogen-bond acceptors (Lipinski definition) is 2. The normalized spacial score (nSPS) is 12.8. The molecule has 2 rings (SSSR count). The zero-order chi connectivity index (χ0) is 15.8. The Balaban J connectivity index is 2.00. The lowest BCUT2D eigenvalue weighted by atomic mass is 10.0. The van der Waals surface area contributed by atoms with Gasteiger partial charge in [0.1, 0.15) is 0 Å². The van der Waals surface area contributed by atoms with Crippen molar-refractivity contribution in [2.45, 2.75) is 39.5 Å². The summed E-state index contributed by atoms with van der Waals surface area (Å²) in [4.78, 5) is 2.41. The van der Waals surface area contributed by atoms with Crippen LogP contribution >= 0.6 is 0 Å². The molecule has 0 aliphatic rings. The summed E-state index contributed by atoms with van der Waals surface area (Å²) >= 11 is 0. The highest BCUT2D eigenvalue weighted by atomic mass is 16.3. The van der Waals surface area contributed by atoms with Crippen molar-refractivity contribution in [2.75, 3.05) is 6.54 Å². The maximum Gasteiger partial charge on any atom is 0.0575 e. The van der Waals surface area contributed by atoms with Crippen LogP contribution < -0.4 is 0 Å². The average molecular weight is 297 g/mol. The van der Waals surface area contributed by atoms with E-state index in [0.717, 1.165) is 26.1 Å². The molecule has 0 aromatic heterocycles. The molecular weight excluding hydrogens is 270 g/mol. The molecule has 22 heavy (non-hydrogen) atoms. The monoisotopic (exact) mass is 297 g/mol. The molecule has 0 aliphatic carbocycles. The summed E-state index contributed by atoms with van der Waals surface area (Å²) in [6.07, 6.45) is 0.589. The van der Waals surface area contributed by atoms with Crippen LogP contribution in [0.15, 0.2) is 60.7 Å². The molecule has 0 amide bonds. The molecule has 118 valence electrons. The second kappa shape index (κ2) is 8.72. The molecule has 0 radical (unpaired) electrons. The maximum atomic E-state index is 10.1. The van der Waals surface area contributed by atoms with Gasteiger partial charge in [0.25, 0.3) is 0 Å². The Labute approximate surface area is 134 Å². The van der Waals surface area contributed by atoms with Gasteiger partial charge in [0.05, 0.1) is 6.10 Å². The van der Waals surface area contributed by atoms with Gasteiger partial charge in [0.15, 0.2) is 0 Å². The van der Waals surface area contributed by atoms with Gasteiger partial charge in [-0.1, -0.05) is 74.5 Å². The predicted octanol–water partition coefficient (Wildman–Crippen LogP) is 4.10. The third kappa shape index (κ3) is 5.63. The Morgan fingerprint density at radius 3 is 1.68 bits per heavy atom. The minimum absolute atomic E-state index is 0.228. The molecule has 1 atom stereocenters. The van der Waals surface area contributed by atoms with Crippen molar-refractivity contribution >= 4 is 0 Å². The number of benzene rings is 2. The summed E-state index contributed by atoms with van der Waals surface area (Å²) in [6.45, 7) is 6.89. The molecule has 0 heterocycles. The molecule has 0 spiro atoms. The lowest BCUT2D eigenvalue weighted by molar-refractivity contribution is 0.0965. The number of aliphatic hydroxyl groups excluding tert-OH is 1. The zero-order valence-corrected chi connectivity index (χ0v) is 13.7. The number of rotatable bonds is 8. The summed E-state index contributed by atoms with van der Waals surface area (Å²) in [5.41, 5.74) is 2.63. The van der Waals surface area contributed by atoms with Crippen LogP contribution in [0.5, 0.6) is 0 Å². The van der Waals surface area contributed by atoms with E-state index < -0.39 is 0 Å². The van der Waals surface area contributed by atoms with Crippen molar-refractivity contribution < 1.29 is 5.11 Å². The van der Waals surface area contributed by atoms with Crippen LogP contribution in [-0.2, 0) is 13.1 Å². The first-order chi connectivity index (χ1) is 10.6. The van der Waals surface area contributed by atoms with Gasteiger partial charge >= 0.3 is 0 Å². The van der Waals surface area contributed by atoms with Gasteiger partial charge < -0.3 is 5.11 Å². The molecule has 2 nitrogen and oxygen atoms in total. The van der Waals surface area contributed by atoms with E-state index in [1.54, 1.807) is 0 Å². The summed E-state index contributed by atoms with van der Waals surface area (Å²) < 4.78 is 0. The Hall–Kier alpha value is -1.64. The van der Waals surface area contributed by atoms with Crippen LogP contribution in [-0.4, -0.2) is 22.7 Å². The van der Waals surface area contributed by atoms with E-state index in [9.17, 15) is 5.11 Å². The summed E-state index contributed by atoms with van der Waals surface area (Å²) in [7, 11) is 0. The Morgan fingerprint density at radius 2 is 1.27 bits per heavy atom. The zero-order valence-electron chi connectivity index (χ0n) is 13.7. The Morgan fingerprint density at radius 1 is 0.818 bits per heavy atom. The van der Waals surface area contributed by atoms with Crippen molar-refractivity contribution in [3.63, 3.8) is 0 Å². The molecule has 1 N–H and O–H groups in total. The van der Waals surface area contributed by atoms with Gasteiger partial charge in [-0.2, -0.15) is 0 Å². The molecule has 0 saturated heterocycles. The summed E-state index contributed by atoms with van der Waals surface area (Å²) in [6, 6.07) is 21.1. The maximum absolute atomic E-state index is 10.1. The third-order valence-corrected chi connectivity index (χ3v) is 4.01. The second-order valence-electron chi connectivity index (χ2n) is 6.28. The van der Waals surface area contributed by atoms with Crippen molar-refractivity contribution in [3.8, 4) is 0 Å². The van der Waals surface area contributed by atoms with Crippen LogP contribution in [0.2, 0.25) is 0 Å². The Kier molecular flexibility index (Phi) is 6.63. The first-order valence-electron chi connectivity index (χ1n) is 8.13. The van der Waals surface area contributed by atoms with E-state index in [2.05, 4.69) is 67.3 Å².